The van der Waals surface area contributed by atoms with E-state index in [-0.39, 0.29) is 11.2 Å². The molecule has 1 aliphatic carbocycles. The van der Waals surface area contributed by atoms with Gasteiger partial charge in [0, 0.05) is 6.54 Å². The molecule has 0 aromatic carbocycles. The number of rotatable bonds is 3. The maximum absolute atomic E-state index is 11.6. The second-order valence-electron chi connectivity index (χ2n) is 4.30. The standard InChI is InChI=1S/C10H17NO2S/c12-9(8-3-1-6-14-8)11-7-10(13)4-2-5-10/h8,13H,1-7H2,(H,11,12). The second kappa shape index (κ2) is 4.11. The number of hydrogen-bond donors (Lipinski definition) is 2. The zero-order valence-electron chi connectivity index (χ0n) is 8.29. The largest absolute Gasteiger partial charge is 0.388 e. The number of amides is 1. The van der Waals surface area contributed by atoms with Crippen LogP contribution in [0.3, 0.4) is 0 Å². The molecule has 1 saturated heterocycles. The molecular weight excluding hydrogens is 198 g/mol. The topological polar surface area (TPSA) is 49.3 Å². The van der Waals surface area contributed by atoms with Gasteiger partial charge in [-0.2, -0.15) is 0 Å². The minimum atomic E-state index is -0.584. The Morgan fingerprint density at radius 2 is 2.29 bits per heavy atom. The lowest BCUT2D eigenvalue weighted by molar-refractivity contribution is -0.123. The normalized spacial score (nSPS) is 29.6. The minimum Gasteiger partial charge on any atom is -0.388 e. The maximum atomic E-state index is 11.6. The van der Waals surface area contributed by atoms with E-state index in [0.717, 1.165) is 37.9 Å². The van der Waals surface area contributed by atoms with Crippen molar-refractivity contribution in [1.82, 2.24) is 5.32 Å². The van der Waals surface area contributed by atoms with Crippen LogP contribution in [0.1, 0.15) is 32.1 Å². The van der Waals surface area contributed by atoms with Crippen molar-refractivity contribution in [3.05, 3.63) is 0 Å². The average molecular weight is 215 g/mol. The van der Waals surface area contributed by atoms with Crippen molar-refractivity contribution < 1.29 is 9.90 Å². The van der Waals surface area contributed by atoms with Gasteiger partial charge in [-0.1, -0.05) is 0 Å². The molecular formula is C10H17NO2S. The molecule has 0 spiro atoms. The fourth-order valence-corrected chi connectivity index (χ4v) is 3.10. The molecule has 0 radical (unpaired) electrons. The highest BCUT2D eigenvalue weighted by Crippen LogP contribution is 2.31. The molecule has 1 unspecified atom stereocenters. The van der Waals surface area contributed by atoms with E-state index < -0.39 is 5.60 Å². The van der Waals surface area contributed by atoms with E-state index in [2.05, 4.69) is 5.32 Å². The van der Waals surface area contributed by atoms with Gasteiger partial charge in [0.05, 0.1) is 10.9 Å². The van der Waals surface area contributed by atoms with Crippen LogP contribution in [0.4, 0.5) is 0 Å². The highest BCUT2D eigenvalue weighted by molar-refractivity contribution is 8.00. The molecule has 1 saturated carbocycles. The molecule has 0 aromatic rings. The third-order valence-corrected chi connectivity index (χ3v) is 4.47. The Kier molecular flexibility index (Phi) is 3.02. The van der Waals surface area contributed by atoms with Crippen LogP contribution in [0.2, 0.25) is 0 Å². The van der Waals surface area contributed by atoms with Crippen molar-refractivity contribution in [2.45, 2.75) is 43.0 Å². The van der Waals surface area contributed by atoms with Crippen molar-refractivity contribution in [3.63, 3.8) is 0 Å². The third kappa shape index (κ3) is 2.23. The number of hydrogen-bond acceptors (Lipinski definition) is 3. The van der Waals surface area contributed by atoms with Crippen LogP contribution in [0.25, 0.3) is 0 Å². The molecule has 14 heavy (non-hydrogen) atoms. The fraction of sp³-hybridized carbons (Fsp3) is 0.900. The van der Waals surface area contributed by atoms with Crippen LogP contribution in [0.15, 0.2) is 0 Å². The number of aliphatic hydroxyl groups is 1. The van der Waals surface area contributed by atoms with Gasteiger partial charge in [-0.05, 0) is 37.9 Å². The predicted molar refractivity (Wildman–Crippen MR) is 57.3 cm³/mol. The molecule has 80 valence electrons. The highest BCUT2D eigenvalue weighted by Gasteiger charge is 2.35. The quantitative estimate of drug-likeness (QED) is 0.736. The van der Waals surface area contributed by atoms with Crippen molar-refractivity contribution in [1.29, 1.82) is 0 Å². The Hall–Kier alpha value is -0.220. The van der Waals surface area contributed by atoms with E-state index in [1.54, 1.807) is 11.8 Å². The first-order valence-corrected chi connectivity index (χ1v) is 6.36. The molecule has 4 heteroatoms. The molecule has 0 aromatic heterocycles. The number of thioether (sulfide) groups is 1. The van der Waals surface area contributed by atoms with Gasteiger partial charge in [0.15, 0.2) is 0 Å². The van der Waals surface area contributed by atoms with E-state index in [0.29, 0.717) is 6.54 Å². The fourth-order valence-electron chi connectivity index (χ4n) is 1.91. The summed E-state index contributed by atoms with van der Waals surface area (Å²) < 4.78 is 0. The van der Waals surface area contributed by atoms with E-state index >= 15 is 0 Å². The zero-order chi connectivity index (χ0) is 10.0. The van der Waals surface area contributed by atoms with Gasteiger partial charge < -0.3 is 10.4 Å². The third-order valence-electron chi connectivity index (χ3n) is 3.10. The first-order valence-electron chi connectivity index (χ1n) is 5.31. The van der Waals surface area contributed by atoms with Crippen molar-refractivity contribution in [2.75, 3.05) is 12.3 Å². The lowest BCUT2D eigenvalue weighted by Gasteiger charge is -2.36. The Morgan fingerprint density at radius 3 is 2.79 bits per heavy atom. The average Bonchev–Trinajstić information content (AvgIpc) is 2.63. The van der Waals surface area contributed by atoms with E-state index in [1.165, 1.54) is 0 Å². The highest BCUT2D eigenvalue weighted by atomic mass is 32.2. The maximum Gasteiger partial charge on any atom is 0.233 e. The summed E-state index contributed by atoms with van der Waals surface area (Å²) in [6.07, 6.45) is 4.91. The molecule has 1 aliphatic heterocycles. The lowest BCUT2D eigenvalue weighted by Crippen LogP contribution is -2.49. The minimum absolute atomic E-state index is 0.118. The molecule has 1 amide bonds. The van der Waals surface area contributed by atoms with Crippen LogP contribution < -0.4 is 5.32 Å². The van der Waals surface area contributed by atoms with Gasteiger partial charge in [-0.3, -0.25) is 4.79 Å². The summed E-state index contributed by atoms with van der Waals surface area (Å²) in [5.41, 5.74) is -0.584. The second-order valence-corrected chi connectivity index (χ2v) is 5.61. The zero-order valence-corrected chi connectivity index (χ0v) is 9.11. The Labute approximate surface area is 88.6 Å². The van der Waals surface area contributed by atoms with Crippen LogP contribution >= 0.6 is 11.8 Å². The molecule has 2 aliphatic rings. The Bertz CT molecular complexity index is 222. The number of carbonyl (C=O) groups excluding carboxylic acids is 1. The van der Waals surface area contributed by atoms with Gasteiger partial charge in [-0.15, -0.1) is 11.8 Å². The van der Waals surface area contributed by atoms with Crippen LogP contribution in [0, 0.1) is 0 Å². The smallest absolute Gasteiger partial charge is 0.233 e. The van der Waals surface area contributed by atoms with E-state index in [1.807, 2.05) is 0 Å². The summed E-state index contributed by atoms with van der Waals surface area (Å²) in [6, 6.07) is 0. The first kappa shape index (κ1) is 10.3. The predicted octanol–water partition coefficient (Wildman–Crippen LogP) is 0.913. The summed E-state index contributed by atoms with van der Waals surface area (Å²) in [7, 11) is 0. The lowest BCUT2D eigenvalue weighted by atomic mass is 9.80. The summed E-state index contributed by atoms with van der Waals surface area (Å²) >= 11 is 1.73. The first-order chi connectivity index (χ1) is 6.70. The Balaban J connectivity index is 1.71. The summed E-state index contributed by atoms with van der Waals surface area (Å²) in [4.78, 5) is 11.6. The SMILES string of the molecule is O=C(NCC1(O)CCC1)C1CCCS1. The summed E-state index contributed by atoms with van der Waals surface area (Å²) in [5.74, 6) is 1.22. The molecule has 3 nitrogen and oxygen atoms in total. The summed E-state index contributed by atoms with van der Waals surface area (Å²) in [5, 5.41) is 12.8. The van der Waals surface area contributed by atoms with Crippen molar-refractivity contribution in [2.24, 2.45) is 0 Å². The molecule has 0 bridgehead atoms. The monoisotopic (exact) mass is 215 g/mol. The van der Waals surface area contributed by atoms with Crippen LogP contribution in [-0.2, 0) is 4.79 Å². The van der Waals surface area contributed by atoms with Crippen LogP contribution in [-0.4, -0.2) is 34.2 Å². The number of carbonyl (C=O) groups is 1. The molecule has 2 fully saturated rings. The van der Waals surface area contributed by atoms with Gasteiger partial charge in [0.25, 0.3) is 0 Å². The van der Waals surface area contributed by atoms with Gasteiger partial charge in [-0.25, -0.2) is 0 Å². The molecule has 1 atom stereocenters. The van der Waals surface area contributed by atoms with Crippen LogP contribution in [0.5, 0.6) is 0 Å². The van der Waals surface area contributed by atoms with Gasteiger partial charge >= 0.3 is 0 Å². The molecule has 1 heterocycles. The van der Waals surface area contributed by atoms with E-state index in [9.17, 15) is 9.90 Å². The Morgan fingerprint density at radius 1 is 1.50 bits per heavy atom. The number of nitrogens with one attached hydrogen (secondary N) is 1. The van der Waals surface area contributed by atoms with E-state index in [4.69, 9.17) is 0 Å². The van der Waals surface area contributed by atoms with Gasteiger partial charge in [0.1, 0.15) is 0 Å². The molecule has 2 rings (SSSR count). The van der Waals surface area contributed by atoms with Gasteiger partial charge in [0.2, 0.25) is 5.91 Å². The van der Waals surface area contributed by atoms with Crippen molar-refractivity contribution >= 4 is 17.7 Å². The molecule has 2 N–H and O–H groups in total. The van der Waals surface area contributed by atoms with Crippen molar-refractivity contribution in [3.8, 4) is 0 Å². The summed E-state index contributed by atoms with van der Waals surface area (Å²) in [6.45, 7) is 0.447.